The highest BCUT2D eigenvalue weighted by Crippen LogP contribution is 2.31. The van der Waals surface area contributed by atoms with Gasteiger partial charge < -0.3 is 27.7 Å². The van der Waals surface area contributed by atoms with Gasteiger partial charge in [0.25, 0.3) is 0 Å². The van der Waals surface area contributed by atoms with Crippen LogP contribution in [0.2, 0.25) is 0 Å². The summed E-state index contributed by atoms with van der Waals surface area (Å²) in [6, 6.07) is 24.6. The molecule has 0 N–H and O–H groups in total. The molecule has 0 fully saturated rings. The first kappa shape index (κ1) is 35.0. The van der Waals surface area contributed by atoms with E-state index in [0.717, 1.165) is 89.3 Å². The summed E-state index contributed by atoms with van der Waals surface area (Å²) in [4.78, 5) is 18.6. The fourth-order valence-corrected chi connectivity index (χ4v) is 8.06. The van der Waals surface area contributed by atoms with E-state index in [0.29, 0.717) is 0 Å². The normalized spacial score (nSPS) is 11.2. The van der Waals surface area contributed by atoms with Gasteiger partial charge in [-0.1, -0.05) is 23.5 Å². The maximum Gasteiger partial charge on any atom is 0.169 e. The van der Waals surface area contributed by atoms with E-state index in [1.54, 1.807) is 50.1 Å². The van der Waals surface area contributed by atoms with Gasteiger partial charge in [-0.25, -0.2) is 9.97 Å². The number of fused-ring (bicyclic) bond motifs is 2. The predicted octanol–water partition coefficient (Wildman–Crippen LogP) is 8.74. The Morgan fingerprint density at radius 3 is 1.60 bits per heavy atom. The number of aryl methyl sites for hydroxylation is 2. The lowest BCUT2D eigenvalue weighted by Crippen LogP contribution is -1.97. The van der Waals surface area contributed by atoms with Crippen LogP contribution in [0.5, 0.6) is 11.5 Å². The molecule has 2 aromatic carbocycles. The van der Waals surface area contributed by atoms with Crippen LogP contribution >= 0.6 is 23.5 Å². The van der Waals surface area contributed by atoms with E-state index >= 15 is 0 Å². The van der Waals surface area contributed by atoms with Crippen molar-refractivity contribution in [1.82, 2.24) is 38.2 Å². The van der Waals surface area contributed by atoms with E-state index in [-0.39, 0.29) is 0 Å². The van der Waals surface area contributed by atoms with Gasteiger partial charge in [0.2, 0.25) is 0 Å². The number of ether oxygens (including phenoxy) is 2. The molecule has 6 heterocycles. The Labute approximate surface area is 311 Å². The lowest BCUT2D eigenvalue weighted by Gasteiger charge is -2.09. The van der Waals surface area contributed by atoms with Crippen LogP contribution in [0.3, 0.4) is 0 Å². The number of aromatic nitrogens is 8. The SMILES string of the molecule is COc1ccnc(CSc2nc3cc(-n4cccc4)ccc3n2C)c1C.COc1ccnc(CSc2nc3ccc(-n4cccc4)cc3n2C)c1C. The fourth-order valence-electron chi connectivity index (χ4n) is 6.03. The number of methoxy groups -OCH3 is 2. The molecule has 6 aromatic heterocycles. The van der Waals surface area contributed by atoms with Crippen LogP contribution < -0.4 is 9.47 Å². The minimum absolute atomic E-state index is 0.755. The van der Waals surface area contributed by atoms with Gasteiger partial charge >= 0.3 is 0 Å². The Morgan fingerprint density at radius 1 is 0.577 bits per heavy atom. The second-order valence-electron chi connectivity index (χ2n) is 12.2. The van der Waals surface area contributed by atoms with E-state index in [9.17, 15) is 0 Å². The van der Waals surface area contributed by atoms with Crippen LogP contribution in [0.1, 0.15) is 22.5 Å². The van der Waals surface area contributed by atoms with Gasteiger partial charge in [0.15, 0.2) is 10.3 Å². The van der Waals surface area contributed by atoms with Gasteiger partial charge in [0.1, 0.15) is 11.5 Å². The largest absolute Gasteiger partial charge is 0.496 e. The lowest BCUT2D eigenvalue weighted by molar-refractivity contribution is 0.410. The zero-order valence-corrected chi connectivity index (χ0v) is 31.7. The minimum atomic E-state index is 0.755. The number of pyridine rings is 2. The Bertz CT molecular complexity index is 2390. The first-order valence-electron chi connectivity index (χ1n) is 16.8. The third kappa shape index (κ3) is 7.17. The van der Waals surface area contributed by atoms with Gasteiger partial charge in [-0.2, -0.15) is 0 Å². The number of nitrogens with zero attached hydrogens (tertiary/aromatic N) is 8. The Hall–Kier alpha value is -5.46. The highest BCUT2D eigenvalue weighted by atomic mass is 32.2. The lowest BCUT2D eigenvalue weighted by atomic mass is 10.2. The van der Waals surface area contributed by atoms with Crippen LogP contribution in [0, 0.1) is 13.8 Å². The average Bonchev–Trinajstić information content (AvgIpc) is 4.00. The van der Waals surface area contributed by atoms with Gasteiger partial charge in [0, 0.05) is 85.3 Å². The smallest absolute Gasteiger partial charge is 0.169 e. The molecule has 10 nitrogen and oxygen atoms in total. The van der Waals surface area contributed by atoms with Crippen molar-refractivity contribution in [3.63, 3.8) is 0 Å². The quantitative estimate of drug-likeness (QED) is 0.129. The molecular formula is C40H40N8O2S2. The topological polar surface area (TPSA) is 89.7 Å². The molecule has 0 unspecified atom stereocenters. The number of thioether (sulfide) groups is 2. The molecule has 0 aliphatic rings. The molecule has 0 saturated carbocycles. The summed E-state index contributed by atoms with van der Waals surface area (Å²) in [7, 11) is 7.49. The molecule has 0 atom stereocenters. The highest BCUT2D eigenvalue weighted by Gasteiger charge is 2.14. The van der Waals surface area contributed by atoms with Crippen LogP contribution in [-0.4, -0.2) is 52.4 Å². The van der Waals surface area contributed by atoms with Gasteiger partial charge in [-0.15, -0.1) is 0 Å². The van der Waals surface area contributed by atoms with Gasteiger partial charge in [-0.3, -0.25) is 9.97 Å². The predicted molar refractivity (Wildman–Crippen MR) is 210 cm³/mol. The van der Waals surface area contributed by atoms with E-state index in [1.807, 2.05) is 75.0 Å². The molecule has 0 aliphatic carbocycles. The molecule has 8 rings (SSSR count). The van der Waals surface area contributed by atoms with E-state index in [1.165, 1.54) is 0 Å². The van der Waals surface area contributed by atoms with Crippen LogP contribution in [0.15, 0.2) is 120 Å². The number of hydrogen-bond donors (Lipinski definition) is 0. The molecule has 0 radical (unpaired) electrons. The third-order valence-electron chi connectivity index (χ3n) is 9.09. The molecule has 0 aliphatic heterocycles. The van der Waals surface area contributed by atoms with Crippen LogP contribution in [-0.2, 0) is 25.6 Å². The van der Waals surface area contributed by atoms with Crippen molar-refractivity contribution < 1.29 is 9.47 Å². The second-order valence-corrected chi connectivity index (χ2v) is 14.1. The summed E-state index contributed by atoms with van der Waals surface area (Å²) in [6.07, 6.45) is 11.8. The summed E-state index contributed by atoms with van der Waals surface area (Å²) < 4.78 is 19.2. The first-order chi connectivity index (χ1) is 25.3. The Morgan fingerprint density at radius 2 is 1.06 bits per heavy atom. The monoisotopic (exact) mass is 728 g/mol. The highest BCUT2D eigenvalue weighted by molar-refractivity contribution is 7.98. The minimum Gasteiger partial charge on any atom is -0.496 e. The molecular weight excluding hydrogens is 689 g/mol. The van der Waals surface area contributed by atoms with Crippen LogP contribution in [0.4, 0.5) is 0 Å². The molecule has 12 heteroatoms. The Kier molecular flexibility index (Phi) is 10.4. The molecule has 0 bridgehead atoms. The molecule has 0 saturated heterocycles. The summed E-state index contributed by atoms with van der Waals surface area (Å²) in [6.45, 7) is 4.08. The van der Waals surface area contributed by atoms with Crippen LogP contribution in [0.25, 0.3) is 33.4 Å². The molecule has 52 heavy (non-hydrogen) atoms. The maximum absolute atomic E-state index is 5.39. The zero-order chi connectivity index (χ0) is 36.2. The summed E-state index contributed by atoms with van der Waals surface area (Å²) in [5.41, 5.74) is 10.7. The van der Waals surface area contributed by atoms with Crippen molar-refractivity contribution >= 4 is 45.6 Å². The van der Waals surface area contributed by atoms with Crippen molar-refractivity contribution in [1.29, 1.82) is 0 Å². The number of hydrogen-bond acceptors (Lipinski definition) is 8. The van der Waals surface area contributed by atoms with Crippen molar-refractivity contribution in [2.24, 2.45) is 14.1 Å². The van der Waals surface area contributed by atoms with Crippen molar-refractivity contribution in [2.75, 3.05) is 14.2 Å². The molecule has 0 amide bonds. The average molecular weight is 729 g/mol. The van der Waals surface area contributed by atoms with Gasteiger partial charge in [-0.05, 0) is 86.6 Å². The summed E-state index contributed by atoms with van der Waals surface area (Å²) in [5, 5.41) is 1.96. The number of rotatable bonds is 10. The van der Waals surface area contributed by atoms with Crippen molar-refractivity contribution in [2.45, 2.75) is 35.7 Å². The molecule has 264 valence electrons. The maximum atomic E-state index is 5.39. The number of imidazole rings is 2. The summed E-state index contributed by atoms with van der Waals surface area (Å²) >= 11 is 3.38. The Balaban J connectivity index is 0.000000162. The second kappa shape index (κ2) is 15.4. The standard InChI is InChI=1S/2C20H20N4OS/c1-14-17(21-9-8-19(14)25-3)13-26-20-22-16-12-15(24-10-4-5-11-24)6-7-18(16)23(20)2;1-14-17(21-9-8-19(14)25-3)13-26-20-22-16-7-6-15(12-18(16)23(20)2)24-10-4-5-11-24/h2*4-12H,13H2,1-3H3. The van der Waals surface area contributed by atoms with Crippen molar-refractivity contribution in [3.05, 3.63) is 132 Å². The van der Waals surface area contributed by atoms with Gasteiger partial charge in [0.05, 0.1) is 47.7 Å². The molecule has 0 spiro atoms. The van der Waals surface area contributed by atoms with Crippen molar-refractivity contribution in [3.8, 4) is 22.9 Å². The first-order valence-corrected chi connectivity index (χ1v) is 18.7. The van der Waals surface area contributed by atoms with E-state index < -0.39 is 0 Å². The van der Waals surface area contributed by atoms with E-state index in [2.05, 4.69) is 78.7 Å². The molecule has 8 aromatic rings. The van der Waals surface area contributed by atoms with E-state index in [4.69, 9.17) is 19.4 Å². The third-order valence-corrected chi connectivity index (χ3v) is 11.2. The summed E-state index contributed by atoms with van der Waals surface area (Å²) in [5.74, 6) is 3.25. The fraction of sp³-hybridized carbons (Fsp3) is 0.200. The number of benzene rings is 2. The zero-order valence-electron chi connectivity index (χ0n) is 30.0.